The lowest BCUT2D eigenvalue weighted by atomic mass is 10.2. The Labute approximate surface area is 183 Å². The Bertz CT molecular complexity index is 1160. The Morgan fingerprint density at radius 1 is 1.13 bits per heavy atom. The molecule has 166 valence electrons. The first-order valence-corrected chi connectivity index (χ1v) is 11.5. The summed E-state index contributed by atoms with van der Waals surface area (Å²) in [6.07, 6.45) is 1.19. The van der Waals surface area contributed by atoms with Crippen LogP contribution in [0.4, 0.5) is 4.79 Å². The van der Waals surface area contributed by atoms with Crippen molar-refractivity contribution in [3.05, 3.63) is 27.6 Å². The number of piperazine rings is 1. The summed E-state index contributed by atoms with van der Waals surface area (Å²) in [5.74, 6) is 1.20. The number of aryl methyl sites for hydroxylation is 2. The van der Waals surface area contributed by atoms with E-state index in [0.717, 1.165) is 11.9 Å². The lowest BCUT2D eigenvalue weighted by Crippen LogP contribution is -2.50. The van der Waals surface area contributed by atoms with E-state index < -0.39 is 0 Å². The number of rotatable bonds is 6. The Balaban J connectivity index is 1.48. The van der Waals surface area contributed by atoms with Crippen LogP contribution >= 0.6 is 11.3 Å². The fourth-order valence-corrected chi connectivity index (χ4v) is 4.72. The van der Waals surface area contributed by atoms with Gasteiger partial charge >= 0.3 is 6.09 Å². The van der Waals surface area contributed by atoms with Gasteiger partial charge in [0.05, 0.1) is 12.1 Å². The molecule has 0 spiro atoms. The molecule has 0 aromatic carbocycles. The predicted molar refractivity (Wildman–Crippen MR) is 116 cm³/mol. The first-order chi connectivity index (χ1) is 15.0. The molecule has 1 aliphatic rings. The van der Waals surface area contributed by atoms with Crippen LogP contribution in [0.25, 0.3) is 16.0 Å². The second kappa shape index (κ2) is 9.04. The molecule has 1 saturated heterocycles. The highest BCUT2D eigenvalue weighted by Crippen LogP contribution is 2.20. The third kappa shape index (κ3) is 4.01. The average molecular weight is 447 g/mol. The Hall–Kier alpha value is -2.95. The SMILES string of the molecule is CCCn1c(=O)c2sccc2n2c(CCC(=O)N3CCN(C(=O)OCC)CC3)nnc12. The van der Waals surface area contributed by atoms with Gasteiger partial charge in [-0.2, -0.15) is 0 Å². The summed E-state index contributed by atoms with van der Waals surface area (Å²) < 4.78 is 9.25. The molecular formula is C20H26N6O4S. The Morgan fingerprint density at radius 3 is 2.58 bits per heavy atom. The number of aromatic nitrogens is 4. The molecular weight excluding hydrogens is 420 g/mol. The molecule has 2 amide bonds. The molecule has 10 nitrogen and oxygen atoms in total. The van der Waals surface area contributed by atoms with E-state index >= 15 is 0 Å². The third-order valence-electron chi connectivity index (χ3n) is 5.45. The normalized spacial score (nSPS) is 14.5. The van der Waals surface area contributed by atoms with Crippen molar-refractivity contribution >= 4 is 39.3 Å². The summed E-state index contributed by atoms with van der Waals surface area (Å²) in [5.41, 5.74) is 0.738. The monoisotopic (exact) mass is 446 g/mol. The number of nitrogens with zero attached hydrogens (tertiary/aromatic N) is 6. The first-order valence-electron chi connectivity index (χ1n) is 10.6. The van der Waals surface area contributed by atoms with Crippen LogP contribution in [0, 0.1) is 0 Å². The second-order valence-corrected chi connectivity index (χ2v) is 8.33. The number of ether oxygens (including phenoxy) is 1. The van der Waals surface area contributed by atoms with Gasteiger partial charge in [0.1, 0.15) is 10.5 Å². The molecule has 11 heteroatoms. The maximum Gasteiger partial charge on any atom is 0.409 e. The molecule has 3 aromatic rings. The Kier molecular flexibility index (Phi) is 6.21. The van der Waals surface area contributed by atoms with Crippen molar-refractivity contribution in [2.24, 2.45) is 0 Å². The highest BCUT2D eigenvalue weighted by atomic mass is 32.1. The summed E-state index contributed by atoms with van der Waals surface area (Å²) in [7, 11) is 0. The summed E-state index contributed by atoms with van der Waals surface area (Å²) >= 11 is 1.41. The Morgan fingerprint density at radius 2 is 1.87 bits per heavy atom. The summed E-state index contributed by atoms with van der Waals surface area (Å²) in [4.78, 5) is 40.8. The van der Waals surface area contributed by atoms with Gasteiger partial charge in [-0.25, -0.2) is 4.79 Å². The van der Waals surface area contributed by atoms with Crippen LogP contribution in [0.1, 0.15) is 32.5 Å². The zero-order valence-corrected chi connectivity index (χ0v) is 18.6. The smallest absolute Gasteiger partial charge is 0.409 e. The van der Waals surface area contributed by atoms with Crippen molar-refractivity contribution in [3.63, 3.8) is 0 Å². The van der Waals surface area contributed by atoms with Crippen molar-refractivity contribution < 1.29 is 14.3 Å². The summed E-state index contributed by atoms with van der Waals surface area (Å²) in [5, 5.41) is 10.5. The van der Waals surface area contributed by atoms with Gasteiger partial charge in [0.25, 0.3) is 5.56 Å². The molecule has 3 aromatic heterocycles. The van der Waals surface area contributed by atoms with E-state index in [1.54, 1.807) is 21.3 Å². The molecule has 4 heterocycles. The zero-order chi connectivity index (χ0) is 22.0. The van der Waals surface area contributed by atoms with Gasteiger partial charge in [0, 0.05) is 45.6 Å². The highest BCUT2D eigenvalue weighted by molar-refractivity contribution is 7.17. The maximum atomic E-state index is 12.8. The summed E-state index contributed by atoms with van der Waals surface area (Å²) in [6, 6.07) is 1.90. The standard InChI is InChI=1S/C20H26N6O4S/c1-3-8-25-18(28)17-14(7-13-31-17)26-15(21-22-19(25)26)5-6-16(27)23-9-11-24(12-10-23)20(29)30-4-2/h7,13H,3-6,8-12H2,1-2H3. The molecule has 1 fully saturated rings. The van der Waals surface area contributed by atoms with E-state index in [1.165, 1.54) is 11.3 Å². The van der Waals surface area contributed by atoms with Gasteiger partial charge in [-0.05, 0) is 24.8 Å². The van der Waals surface area contributed by atoms with Crippen molar-refractivity contribution in [2.75, 3.05) is 32.8 Å². The van der Waals surface area contributed by atoms with Gasteiger partial charge in [0.15, 0.2) is 0 Å². The molecule has 0 saturated carbocycles. The molecule has 0 bridgehead atoms. The van der Waals surface area contributed by atoms with Gasteiger partial charge in [-0.3, -0.25) is 18.6 Å². The zero-order valence-electron chi connectivity index (χ0n) is 17.7. The third-order valence-corrected chi connectivity index (χ3v) is 6.34. The van der Waals surface area contributed by atoms with Crippen molar-refractivity contribution in [3.8, 4) is 0 Å². The lowest BCUT2D eigenvalue weighted by Gasteiger charge is -2.34. The van der Waals surface area contributed by atoms with E-state index in [1.807, 2.05) is 22.8 Å². The van der Waals surface area contributed by atoms with Crippen LogP contribution in [0.3, 0.4) is 0 Å². The van der Waals surface area contributed by atoms with Crippen LogP contribution in [0.5, 0.6) is 0 Å². The lowest BCUT2D eigenvalue weighted by molar-refractivity contribution is -0.132. The highest BCUT2D eigenvalue weighted by Gasteiger charge is 2.25. The van der Waals surface area contributed by atoms with E-state index in [-0.39, 0.29) is 17.6 Å². The van der Waals surface area contributed by atoms with Crippen LogP contribution in [0.15, 0.2) is 16.2 Å². The number of carbonyl (C=O) groups excluding carboxylic acids is 2. The van der Waals surface area contributed by atoms with Gasteiger partial charge in [-0.15, -0.1) is 21.5 Å². The van der Waals surface area contributed by atoms with Crippen LogP contribution in [-0.2, 0) is 22.5 Å². The first kappa shape index (κ1) is 21.3. The largest absolute Gasteiger partial charge is 0.450 e. The molecule has 0 N–H and O–H groups in total. The van der Waals surface area contributed by atoms with Crippen LogP contribution in [-0.4, -0.2) is 73.8 Å². The second-order valence-electron chi connectivity index (χ2n) is 7.41. The van der Waals surface area contributed by atoms with Crippen LogP contribution in [0.2, 0.25) is 0 Å². The molecule has 31 heavy (non-hydrogen) atoms. The van der Waals surface area contributed by atoms with E-state index in [2.05, 4.69) is 10.2 Å². The molecule has 4 rings (SSSR count). The average Bonchev–Trinajstić information content (AvgIpc) is 3.42. The quantitative estimate of drug-likeness (QED) is 0.572. The van der Waals surface area contributed by atoms with Crippen molar-refractivity contribution in [2.45, 2.75) is 39.7 Å². The van der Waals surface area contributed by atoms with Gasteiger partial charge in [0.2, 0.25) is 11.7 Å². The molecule has 0 radical (unpaired) electrons. The number of thiophene rings is 1. The number of carbonyl (C=O) groups is 2. The minimum atomic E-state index is -0.331. The van der Waals surface area contributed by atoms with Gasteiger partial charge in [-0.1, -0.05) is 6.92 Å². The molecule has 1 aliphatic heterocycles. The fraction of sp³-hybridized carbons (Fsp3) is 0.550. The maximum absolute atomic E-state index is 12.8. The van der Waals surface area contributed by atoms with E-state index in [4.69, 9.17) is 4.74 Å². The molecule has 0 unspecified atom stereocenters. The summed E-state index contributed by atoms with van der Waals surface area (Å²) in [6.45, 7) is 6.61. The van der Waals surface area contributed by atoms with E-state index in [0.29, 0.717) is 68.5 Å². The minimum Gasteiger partial charge on any atom is -0.450 e. The number of amides is 2. The van der Waals surface area contributed by atoms with Crippen LogP contribution < -0.4 is 5.56 Å². The number of hydrogen-bond acceptors (Lipinski definition) is 7. The van der Waals surface area contributed by atoms with Crippen molar-refractivity contribution in [1.82, 2.24) is 29.0 Å². The van der Waals surface area contributed by atoms with Gasteiger partial charge < -0.3 is 14.5 Å². The number of hydrogen-bond donors (Lipinski definition) is 0. The topological polar surface area (TPSA) is 102 Å². The molecule has 0 atom stereocenters. The minimum absolute atomic E-state index is 0.0173. The predicted octanol–water partition coefficient (Wildman–Crippen LogP) is 1.75. The van der Waals surface area contributed by atoms with E-state index in [9.17, 15) is 14.4 Å². The molecule has 0 aliphatic carbocycles. The van der Waals surface area contributed by atoms with Crippen molar-refractivity contribution in [1.29, 1.82) is 0 Å². The fourth-order valence-electron chi connectivity index (χ4n) is 3.90. The number of fused-ring (bicyclic) bond motifs is 3.